The smallest absolute Gasteiger partial charge is 0.434 e. The highest BCUT2D eigenvalue weighted by Crippen LogP contribution is 2.11. The van der Waals surface area contributed by atoms with Gasteiger partial charge in [-0.05, 0) is 31.2 Å². The highest BCUT2D eigenvalue weighted by Gasteiger charge is 2.03. The molecule has 70 valence electrons. The quantitative estimate of drug-likeness (QED) is 0.522. The summed E-state index contributed by atoms with van der Waals surface area (Å²) < 4.78 is 21.6. The van der Waals surface area contributed by atoms with E-state index in [-0.39, 0.29) is 18.2 Å². The van der Waals surface area contributed by atoms with Crippen LogP contribution >= 0.6 is 0 Å². The van der Waals surface area contributed by atoms with Crippen molar-refractivity contribution >= 4 is 6.16 Å². The summed E-state index contributed by atoms with van der Waals surface area (Å²) in [5.41, 5.74) is 0. The molecule has 0 aliphatic rings. The second-order valence-electron chi connectivity index (χ2n) is 2.24. The minimum Gasteiger partial charge on any atom is -0.434 e. The highest BCUT2D eigenvalue weighted by molar-refractivity contribution is 5.63. The number of carbonyl (C=O) groups excluding carboxylic acids is 1. The molecular formula is C9H9FO3. The fraction of sp³-hybridized carbons (Fsp3) is 0.222. The van der Waals surface area contributed by atoms with Gasteiger partial charge in [0.25, 0.3) is 0 Å². The van der Waals surface area contributed by atoms with Gasteiger partial charge < -0.3 is 9.47 Å². The van der Waals surface area contributed by atoms with Crippen molar-refractivity contribution in [1.82, 2.24) is 0 Å². The maximum absolute atomic E-state index is 12.4. The van der Waals surface area contributed by atoms with Crippen LogP contribution in [0, 0.1) is 5.82 Å². The van der Waals surface area contributed by atoms with E-state index in [2.05, 4.69) is 9.47 Å². The van der Waals surface area contributed by atoms with Crippen molar-refractivity contribution in [1.29, 1.82) is 0 Å². The second-order valence-corrected chi connectivity index (χ2v) is 2.24. The molecule has 0 bridgehead atoms. The lowest BCUT2D eigenvalue weighted by Crippen LogP contribution is -2.09. The third kappa shape index (κ3) is 3.11. The summed E-state index contributed by atoms with van der Waals surface area (Å²) in [7, 11) is 0. The van der Waals surface area contributed by atoms with E-state index in [1.807, 2.05) is 0 Å². The van der Waals surface area contributed by atoms with Gasteiger partial charge in [-0.3, -0.25) is 0 Å². The van der Waals surface area contributed by atoms with Gasteiger partial charge in [-0.2, -0.15) is 0 Å². The predicted molar refractivity (Wildman–Crippen MR) is 44.1 cm³/mol. The molecule has 0 aliphatic heterocycles. The Kier molecular flexibility index (Phi) is 3.25. The zero-order valence-corrected chi connectivity index (χ0v) is 7.12. The fourth-order valence-electron chi connectivity index (χ4n) is 0.746. The van der Waals surface area contributed by atoms with Crippen molar-refractivity contribution in [3.05, 3.63) is 30.1 Å². The Balaban J connectivity index is 2.54. The fourth-order valence-corrected chi connectivity index (χ4v) is 0.746. The molecule has 3 nitrogen and oxygen atoms in total. The number of carbonyl (C=O) groups is 1. The van der Waals surface area contributed by atoms with Crippen LogP contribution in [0.2, 0.25) is 0 Å². The molecule has 1 aromatic rings. The van der Waals surface area contributed by atoms with Crippen molar-refractivity contribution in [3.63, 3.8) is 0 Å². The number of hydrogen-bond acceptors (Lipinski definition) is 3. The average Bonchev–Trinajstić information content (AvgIpc) is 2.09. The standard InChI is InChI=1S/C9H9FO3/c1-2-12-9(11)13-8-5-3-7(10)4-6-8/h3-6H,2H2,1H3. The van der Waals surface area contributed by atoms with Crippen LogP contribution in [0.25, 0.3) is 0 Å². The normalized spacial score (nSPS) is 9.38. The molecule has 0 spiro atoms. The van der Waals surface area contributed by atoms with Crippen LogP contribution in [0.3, 0.4) is 0 Å². The SMILES string of the molecule is CCOC(=O)Oc1ccc(F)cc1. The van der Waals surface area contributed by atoms with E-state index < -0.39 is 6.16 Å². The summed E-state index contributed by atoms with van der Waals surface area (Å²) >= 11 is 0. The minimum absolute atomic E-state index is 0.250. The first kappa shape index (κ1) is 9.51. The lowest BCUT2D eigenvalue weighted by atomic mass is 10.3. The number of ether oxygens (including phenoxy) is 2. The zero-order valence-electron chi connectivity index (χ0n) is 7.12. The Hall–Kier alpha value is -1.58. The van der Waals surface area contributed by atoms with Crippen molar-refractivity contribution in [2.75, 3.05) is 6.61 Å². The Morgan fingerprint density at radius 3 is 2.54 bits per heavy atom. The molecule has 0 radical (unpaired) electrons. The first-order valence-electron chi connectivity index (χ1n) is 3.82. The lowest BCUT2D eigenvalue weighted by molar-refractivity contribution is 0.104. The van der Waals surface area contributed by atoms with E-state index in [9.17, 15) is 9.18 Å². The molecule has 0 atom stereocenters. The summed E-state index contributed by atoms with van der Waals surface area (Å²) in [5.74, 6) is -0.115. The average molecular weight is 184 g/mol. The van der Waals surface area contributed by atoms with Gasteiger partial charge in [0.2, 0.25) is 0 Å². The number of rotatable bonds is 2. The maximum atomic E-state index is 12.4. The molecule has 4 heteroatoms. The third-order valence-electron chi connectivity index (χ3n) is 1.28. The maximum Gasteiger partial charge on any atom is 0.513 e. The molecule has 0 N–H and O–H groups in total. The van der Waals surface area contributed by atoms with Crippen LogP contribution in [0.4, 0.5) is 9.18 Å². The molecule has 0 fully saturated rings. The van der Waals surface area contributed by atoms with E-state index in [0.29, 0.717) is 0 Å². The van der Waals surface area contributed by atoms with Crippen LogP contribution in [0.15, 0.2) is 24.3 Å². The van der Waals surface area contributed by atoms with Crippen LogP contribution in [-0.4, -0.2) is 12.8 Å². The minimum atomic E-state index is -0.783. The highest BCUT2D eigenvalue weighted by atomic mass is 19.1. The molecule has 1 aromatic carbocycles. The van der Waals surface area contributed by atoms with Gasteiger partial charge >= 0.3 is 6.16 Å². The van der Waals surface area contributed by atoms with Crippen molar-refractivity contribution in [3.8, 4) is 5.75 Å². The Bertz CT molecular complexity index is 281. The molecule has 0 aromatic heterocycles. The molecular weight excluding hydrogens is 175 g/mol. The van der Waals surface area contributed by atoms with Crippen LogP contribution in [-0.2, 0) is 4.74 Å². The van der Waals surface area contributed by atoms with E-state index in [0.717, 1.165) is 0 Å². The first-order valence-corrected chi connectivity index (χ1v) is 3.82. The van der Waals surface area contributed by atoms with Crippen LogP contribution < -0.4 is 4.74 Å². The summed E-state index contributed by atoms with van der Waals surface area (Å²) in [6, 6.07) is 5.11. The summed E-state index contributed by atoms with van der Waals surface area (Å²) in [5, 5.41) is 0. The van der Waals surface area contributed by atoms with Gasteiger partial charge in [0, 0.05) is 0 Å². The number of hydrogen-bond donors (Lipinski definition) is 0. The molecule has 0 saturated heterocycles. The molecule has 1 rings (SSSR count). The van der Waals surface area contributed by atoms with E-state index in [1.165, 1.54) is 24.3 Å². The molecule has 0 amide bonds. The van der Waals surface area contributed by atoms with Crippen LogP contribution in [0.5, 0.6) is 5.75 Å². The van der Waals surface area contributed by atoms with Crippen molar-refractivity contribution in [2.24, 2.45) is 0 Å². The topological polar surface area (TPSA) is 35.5 Å². The van der Waals surface area contributed by atoms with Crippen molar-refractivity contribution in [2.45, 2.75) is 6.92 Å². The van der Waals surface area contributed by atoms with E-state index in [4.69, 9.17) is 0 Å². The monoisotopic (exact) mass is 184 g/mol. The van der Waals surface area contributed by atoms with E-state index >= 15 is 0 Å². The molecule has 0 aliphatic carbocycles. The largest absolute Gasteiger partial charge is 0.513 e. The van der Waals surface area contributed by atoms with Gasteiger partial charge in [-0.25, -0.2) is 9.18 Å². The molecule has 0 heterocycles. The molecule has 13 heavy (non-hydrogen) atoms. The van der Waals surface area contributed by atoms with Gasteiger partial charge in [-0.1, -0.05) is 0 Å². The Morgan fingerprint density at radius 2 is 2.00 bits per heavy atom. The van der Waals surface area contributed by atoms with Gasteiger partial charge in [0.1, 0.15) is 11.6 Å². The summed E-state index contributed by atoms with van der Waals surface area (Å²) in [6.45, 7) is 1.92. The lowest BCUT2D eigenvalue weighted by Gasteiger charge is -2.02. The number of benzene rings is 1. The first-order chi connectivity index (χ1) is 6.22. The third-order valence-corrected chi connectivity index (χ3v) is 1.28. The van der Waals surface area contributed by atoms with Gasteiger partial charge in [0.15, 0.2) is 0 Å². The second kappa shape index (κ2) is 4.45. The Labute approximate surface area is 75.1 Å². The molecule has 0 saturated carbocycles. The predicted octanol–water partition coefficient (Wildman–Crippen LogP) is 2.36. The number of halogens is 1. The molecule has 0 unspecified atom stereocenters. The summed E-state index contributed by atoms with van der Waals surface area (Å²) in [6.07, 6.45) is -0.783. The van der Waals surface area contributed by atoms with Gasteiger partial charge in [0.05, 0.1) is 6.61 Å². The Morgan fingerprint density at radius 1 is 1.38 bits per heavy atom. The summed E-state index contributed by atoms with van der Waals surface area (Å²) in [4.78, 5) is 10.8. The van der Waals surface area contributed by atoms with E-state index in [1.54, 1.807) is 6.92 Å². The van der Waals surface area contributed by atoms with Crippen molar-refractivity contribution < 1.29 is 18.7 Å². The van der Waals surface area contributed by atoms with Crippen LogP contribution in [0.1, 0.15) is 6.92 Å². The van der Waals surface area contributed by atoms with Gasteiger partial charge in [-0.15, -0.1) is 0 Å². The zero-order chi connectivity index (χ0) is 9.68.